The molecule has 1 atom stereocenters. The molecule has 0 aliphatic carbocycles. The van der Waals surface area contributed by atoms with Crippen LogP contribution >= 0.6 is 12.2 Å². The number of aromatic amines is 1. The van der Waals surface area contributed by atoms with Crippen molar-refractivity contribution in [2.75, 3.05) is 0 Å². The van der Waals surface area contributed by atoms with Gasteiger partial charge in [0.1, 0.15) is 0 Å². The second-order valence-corrected chi connectivity index (χ2v) is 3.63. The Kier molecular flexibility index (Phi) is 3.41. The highest BCUT2D eigenvalue weighted by Crippen LogP contribution is 2.08. The maximum absolute atomic E-state index is 5.01. The highest BCUT2D eigenvalue weighted by molar-refractivity contribution is 7.71. The summed E-state index contributed by atoms with van der Waals surface area (Å²) in [4.78, 5) is 0. The Morgan fingerprint density at radius 3 is 3.00 bits per heavy atom. The number of nitrogens with zero attached hydrogens (tertiary/aromatic N) is 1. The number of H-pyrrole nitrogens is 1. The molecule has 0 saturated heterocycles. The van der Waals surface area contributed by atoms with Gasteiger partial charge in [0.15, 0.2) is 0 Å². The molecule has 0 bridgehead atoms. The van der Waals surface area contributed by atoms with E-state index < -0.39 is 0 Å². The van der Waals surface area contributed by atoms with Crippen molar-refractivity contribution in [3.05, 3.63) is 22.5 Å². The monoisotopic (exact) mass is 182 g/mol. The molecule has 1 N–H and O–H groups in total. The van der Waals surface area contributed by atoms with Crippen LogP contribution in [0, 0.1) is 10.4 Å². The van der Waals surface area contributed by atoms with Gasteiger partial charge in [-0.15, -0.1) is 0 Å². The Morgan fingerprint density at radius 2 is 2.42 bits per heavy atom. The van der Waals surface area contributed by atoms with Crippen LogP contribution in [0.25, 0.3) is 0 Å². The molecule has 0 aliphatic heterocycles. The van der Waals surface area contributed by atoms with Crippen LogP contribution in [0.2, 0.25) is 0 Å². The zero-order valence-corrected chi connectivity index (χ0v) is 8.32. The second kappa shape index (κ2) is 4.36. The highest BCUT2D eigenvalue weighted by atomic mass is 32.1. The lowest BCUT2D eigenvalue weighted by molar-refractivity contribution is 0.548. The van der Waals surface area contributed by atoms with Gasteiger partial charge in [0.25, 0.3) is 0 Å². The first-order valence-corrected chi connectivity index (χ1v) is 4.66. The van der Waals surface area contributed by atoms with Gasteiger partial charge < -0.3 is 0 Å². The molecular formula is C9H14N2S. The molecule has 66 valence electrons. The van der Waals surface area contributed by atoms with Gasteiger partial charge in [0, 0.05) is 5.69 Å². The molecule has 12 heavy (non-hydrogen) atoms. The molecule has 0 spiro atoms. The first-order valence-electron chi connectivity index (χ1n) is 4.26. The molecule has 0 fully saturated rings. The minimum absolute atomic E-state index is 0.694. The SMILES string of the molecule is CCC(C)Cc1cc(=S)cn[nH]1. The number of hydrogen-bond acceptors (Lipinski definition) is 2. The zero-order valence-electron chi connectivity index (χ0n) is 7.50. The maximum Gasteiger partial charge on any atom is 0.0653 e. The number of aromatic nitrogens is 2. The third-order valence-corrected chi connectivity index (χ3v) is 2.20. The van der Waals surface area contributed by atoms with Crippen LogP contribution < -0.4 is 0 Å². The van der Waals surface area contributed by atoms with Gasteiger partial charge in [-0.3, -0.25) is 5.10 Å². The second-order valence-electron chi connectivity index (χ2n) is 3.16. The maximum atomic E-state index is 5.01. The quantitative estimate of drug-likeness (QED) is 0.728. The van der Waals surface area contributed by atoms with Gasteiger partial charge in [0.05, 0.1) is 10.7 Å². The van der Waals surface area contributed by atoms with Crippen molar-refractivity contribution in [3.63, 3.8) is 0 Å². The molecule has 0 aliphatic rings. The van der Waals surface area contributed by atoms with Crippen LogP contribution in [0.15, 0.2) is 12.3 Å². The predicted octanol–water partition coefficient (Wildman–Crippen LogP) is 2.73. The molecule has 1 unspecified atom stereocenters. The third kappa shape index (κ3) is 2.74. The molecule has 2 nitrogen and oxygen atoms in total. The van der Waals surface area contributed by atoms with E-state index in [1.54, 1.807) is 6.20 Å². The Hall–Kier alpha value is -0.700. The molecule has 0 amide bonds. The van der Waals surface area contributed by atoms with Crippen LogP contribution in [0.4, 0.5) is 0 Å². The van der Waals surface area contributed by atoms with Crippen molar-refractivity contribution in [3.8, 4) is 0 Å². The Morgan fingerprint density at radius 1 is 1.67 bits per heavy atom. The van der Waals surface area contributed by atoms with Crippen molar-refractivity contribution in [1.29, 1.82) is 0 Å². The standard InChI is InChI=1S/C9H14N2S/c1-3-7(2)4-8-5-9(12)6-10-11-8/h5-7H,3-4H2,1-2H3,(H,11,12). The van der Waals surface area contributed by atoms with Gasteiger partial charge in [-0.2, -0.15) is 5.10 Å². The first-order chi connectivity index (χ1) is 5.72. The average molecular weight is 182 g/mol. The van der Waals surface area contributed by atoms with E-state index in [-0.39, 0.29) is 0 Å². The number of nitrogens with one attached hydrogen (secondary N) is 1. The number of rotatable bonds is 3. The fourth-order valence-electron chi connectivity index (χ4n) is 1.04. The van der Waals surface area contributed by atoms with Crippen LogP contribution in [0.5, 0.6) is 0 Å². The summed E-state index contributed by atoms with van der Waals surface area (Å²) >= 11 is 5.01. The summed E-state index contributed by atoms with van der Waals surface area (Å²) < 4.78 is 0.812. The summed E-state index contributed by atoms with van der Waals surface area (Å²) in [7, 11) is 0. The van der Waals surface area contributed by atoms with E-state index in [0.717, 1.165) is 16.6 Å². The summed E-state index contributed by atoms with van der Waals surface area (Å²) in [6.45, 7) is 4.42. The zero-order chi connectivity index (χ0) is 8.97. The van der Waals surface area contributed by atoms with E-state index >= 15 is 0 Å². The minimum atomic E-state index is 0.694. The molecule has 0 radical (unpaired) electrons. The summed E-state index contributed by atoms with van der Waals surface area (Å²) in [5.74, 6) is 0.694. The lowest BCUT2D eigenvalue weighted by Crippen LogP contribution is -2.00. The molecule has 0 saturated carbocycles. The molecule has 1 aromatic rings. The fraction of sp³-hybridized carbons (Fsp3) is 0.556. The number of hydrogen-bond donors (Lipinski definition) is 1. The lowest BCUT2D eigenvalue weighted by Gasteiger charge is -2.06. The fourth-order valence-corrected chi connectivity index (χ4v) is 1.24. The van der Waals surface area contributed by atoms with E-state index in [0.29, 0.717) is 5.92 Å². The van der Waals surface area contributed by atoms with Gasteiger partial charge in [-0.05, 0) is 18.4 Å². The minimum Gasteiger partial charge on any atom is -0.283 e. The molecular weight excluding hydrogens is 168 g/mol. The molecule has 1 aromatic heterocycles. The van der Waals surface area contributed by atoms with Crippen molar-refractivity contribution in [1.82, 2.24) is 10.2 Å². The van der Waals surface area contributed by atoms with E-state index in [2.05, 4.69) is 24.0 Å². The van der Waals surface area contributed by atoms with Gasteiger partial charge in [-0.25, -0.2) is 0 Å². The van der Waals surface area contributed by atoms with Crippen molar-refractivity contribution in [2.45, 2.75) is 26.7 Å². The third-order valence-electron chi connectivity index (χ3n) is 1.98. The average Bonchev–Trinajstić information content (AvgIpc) is 2.04. The summed E-state index contributed by atoms with van der Waals surface area (Å²) in [5, 5.41) is 6.90. The Bertz CT molecular complexity index is 293. The van der Waals surface area contributed by atoms with Gasteiger partial charge >= 0.3 is 0 Å². The van der Waals surface area contributed by atoms with Crippen molar-refractivity contribution >= 4 is 12.2 Å². The molecule has 3 heteroatoms. The van der Waals surface area contributed by atoms with Crippen LogP contribution in [-0.2, 0) is 6.42 Å². The van der Waals surface area contributed by atoms with E-state index in [4.69, 9.17) is 12.2 Å². The highest BCUT2D eigenvalue weighted by Gasteiger charge is 2.00. The Balaban J connectivity index is 2.69. The van der Waals surface area contributed by atoms with E-state index in [9.17, 15) is 0 Å². The normalized spacial score (nSPS) is 12.8. The van der Waals surface area contributed by atoms with Gasteiger partial charge in [-0.1, -0.05) is 32.5 Å². The smallest absolute Gasteiger partial charge is 0.0653 e. The molecule has 0 aromatic carbocycles. The van der Waals surface area contributed by atoms with Crippen molar-refractivity contribution in [2.24, 2.45) is 5.92 Å². The molecule has 1 rings (SSSR count). The first kappa shape index (κ1) is 9.39. The van der Waals surface area contributed by atoms with Gasteiger partial charge in [0.2, 0.25) is 0 Å². The summed E-state index contributed by atoms with van der Waals surface area (Å²) in [5.41, 5.74) is 1.14. The van der Waals surface area contributed by atoms with Crippen LogP contribution in [0.1, 0.15) is 26.0 Å². The topological polar surface area (TPSA) is 28.7 Å². The molecule has 1 heterocycles. The van der Waals surface area contributed by atoms with Crippen LogP contribution in [0.3, 0.4) is 0 Å². The lowest BCUT2D eigenvalue weighted by atomic mass is 10.0. The van der Waals surface area contributed by atoms with E-state index in [1.165, 1.54) is 6.42 Å². The predicted molar refractivity (Wildman–Crippen MR) is 52.6 cm³/mol. The van der Waals surface area contributed by atoms with Crippen molar-refractivity contribution < 1.29 is 0 Å². The van der Waals surface area contributed by atoms with E-state index in [1.807, 2.05) is 6.07 Å². The Labute approximate surface area is 78.0 Å². The van der Waals surface area contributed by atoms with Crippen LogP contribution in [-0.4, -0.2) is 10.2 Å². The largest absolute Gasteiger partial charge is 0.283 e. The summed E-state index contributed by atoms with van der Waals surface area (Å²) in [6, 6.07) is 1.98. The summed E-state index contributed by atoms with van der Waals surface area (Å²) in [6.07, 6.45) is 3.89.